The van der Waals surface area contributed by atoms with Crippen LogP contribution in [0, 0.1) is 0 Å². The van der Waals surface area contributed by atoms with Gasteiger partial charge in [-0.2, -0.15) is 5.10 Å². The van der Waals surface area contributed by atoms with E-state index in [2.05, 4.69) is 20.5 Å². The average molecular weight is 476 g/mol. The molecule has 0 saturated heterocycles. The number of imidazole rings is 1. The van der Waals surface area contributed by atoms with E-state index in [0.717, 1.165) is 16.2 Å². The number of para-hydroxylation sites is 1. The van der Waals surface area contributed by atoms with Gasteiger partial charge in [-0.15, -0.1) is 11.3 Å². The van der Waals surface area contributed by atoms with Crippen LogP contribution in [-0.4, -0.2) is 46.8 Å². The van der Waals surface area contributed by atoms with Crippen LogP contribution in [0.4, 0.5) is 5.69 Å². The molecule has 2 aromatic carbocycles. The molecule has 0 aliphatic carbocycles. The molecule has 0 fully saturated rings. The van der Waals surface area contributed by atoms with Crippen molar-refractivity contribution in [1.29, 1.82) is 0 Å². The summed E-state index contributed by atoms with van der Waals surface area (Å²) in [5.74, 6) is 1.16. The first-order valence-corrected chi connectivity index (χ1v) is 11.2. The Labute approximate surface area is 198 Å². The van der Waals surface area contributed by atoms with Crippen LogP contribution in [0.2, 0.25) is 0 Å². The molecule has 0 aliphatic heterocycles. The fourth-order valence-corrected chi connectivity index (χ4v) is 4.38. The number of methoxy groups -OCH3 is 3. The number of carbonyl (C=O) groups excluding carboxylic acids is 1. The summed E-state index contributed by atoms with van der Waals surface area (Å²) in [6.07, 6.45) is 3.89. The molecule has 0 bridgehead atoms. The Morgan fingerprint density at radius 3 is 2.50 bits per heavy atom. The van der Waals surface area contributed by atoms with Crippen LogP contribution in [0.15, 0.2) is 60.2 Å². The number of thiazole rings is 1. The van der Waals surface area contributed by atoms with Crippen molar-refractivity contribution >= 4 is 27.9 Å². The number of nitrogens with one attached hydrogen (secondary N) is 2. The minimum Gasteiger partial charge on any atom is -0.493 e. The van der Waals surface area contributed by atoms with E-state index in [-0.39, 0.29) is 5.91 Å². The van der Waals surface area contributed by atoms with Gasteiger partial charge in [-0.05, 0) is 24.3 Å². The van der Waals surface area contributed by atoms with Crippen LogP contribution in [0.3, 0.4) is 0 Å². The zero-order valence-electron chi connectivity index (χ0n) is 18.7. The Hall–Kier alpha value is -4.31. The second kappa shape index (κ2) is 8.91. The van der Waals surface area contributed by atoms with Gasteiger partial charge in [-0.25, -0.2) is 4.98 Å². The van der Waals surface area contributed by atoms with Gasteiger partial charge < -0.3 is 19.5 Å². The Bertz CT molecular complexity index is 1430. The van der Waals surface area contributed by atoms with E-state index >= 15 is 0 Å². The Morgan fingerprint density at radius 2 is 1.79 bits per heavy atom. The van der Waals surface area contributed by atoms with Crippen LogP contribution < -0.4 is 19.5 Å². The van der Waals surface area contributed by atoms with Crippen molar-refractivity contribution in [2.45, 2.75) is 0 Å². The number of aromatic amines is 1. The summed E-state index contributed by atoms with van der Waals surface area (Å²) in [5.41, 5.74) is 3.85. The predicted molar refractivity (Wildman–Crippen MR) is 130 cm³/mol. The van der Waals surface area contributed by atoms with Gasteiger partial charge in [0.15, 0.2) is 16.5 Å². The fraction of sp³-hybridized carbons (Fsp3) is 0.125. The second-order valence-corrected chi connectivity index (χ2v) is 8.17. The molecule has 172 valence electrons. The van der Waals surface area contributed by atoms with Crippen molar-refractivity contribution in [2.24, 2.45) is 0 Å². The lowest BCUT2D eigenvalue weighted by molar-refractivity contribution is 0.102. The third-order valence-electron chi connectivity index (χ3n) is 5.33. The van der Waals surface area contributed by atoms with Crippen molar-refractivity contribution in [3.8, 4) is 39.8 Å². The predicted octanol–water partition coefficient (Wildman–Crippen LogP) is 4.73. The molecule has 0 radical (unpaired) electrons. The topological polar surface area (TPSA) is 103 Å². The minimum atomic E-state index is -0.320. The first-order chi connectivity index (χ1) is 16.6. The number of anilines is 1. The van der Waals surface area contributed by atoms with Gasteiger partial charge in [-0.1, -0.05) is 18.2 Å². The monoisotopic (exact) mass is 475 g/mol. The molecule has 3 heterocycles. The molecule has 0 saturated carbocycles. The molecule has 5 aromatic rings. The summed E-state index contributed by atoms with van der Waals surface area (Å²) in [4.78, 5) is 18.6. The molecule has 9 nitrogen and oxygen atoms in total. The normalized spacial score (nSPS) is 10.9. The number of carbonyl (C=O) groups is 1. The van der Waals surface area contributed by atoms with E-state index in [1.54, 1.807) is 50.9 Å². The number of hydrogen-bond donors (Lipinski definition) is 2. The summed E-state index contributed by atoms with van der Waals surface area (Å²) in [6.45, 7) is 0. The summed E-state index contributed by atoms with van der Waals surface area (Å²) in [7, 11) is 4.64. The quantitative estimate of drug-likeness (QED) is 0.353. The Balaban J connectivity index is 1.42. The standard InChI is InChI=1S/C24H21N5O4S/c1-31-20-10-14(11-21(32-2)22(20)33-3)17-12-18(28-27-17)23(30)25-16-7-5-4-6-15(16)19-13-29-8-9-34-24(29)26-19/h4-13H,1-3H3,(H,25,30)(H,27,28). The van der Waals surface area contributed by atoms with Gasteiger partial charge in [0.1, 0.15) is 5.69 Å². The van der Waals surface area contributed by atoms with Gasteiger partial charge in [0.05, 0.1) is 38.4 Å². The van der Waals surface area contributed by atoms with E-state index < -0.39 is 0 Å². The van der Waals surface area contributed by atoms with Crippen LogP contribution in [-0.2, 0) is 0 Å². The molecule has 3 aromatic heterocycles. The fourth-order valence-electron chi connectivity index (χ4n) is 3.68. The maximum atomic E-state index is 13.0. The lowest BCUT2D eigenvalue weighted by Crippen LogP contribution is -2.13. The Kier molecular flexibility index (Phi) is 5.64. The van der Waals surface area contributed by atoms with Gasteiger partial charge in [0, 0.05) is 28.9 Å². The zero-order chi connectivity index (χ0) is 23.7. The number of nitrogens with zero attached hydrogens (tertiary/aromatic N) is 3. The molecule has 2 N–H and O–H groups in total. The highest BCUT2D eigenvalue weighted by atomic mass is 32.1. The van der Waals surface area contributed by atoms with Gasteiger partial charge in [0.25, 0.3) is 5.91 Å². The van der Waals surface area contributed by atoms with Crippen molar-refractivity contribution in [1.82, 2.24) is 19.6 Å². The highest BCUT2D eigenvalue weighted by Crippen LogP contribution is 2.41. The number of amides is 1. The highest BCUT2D eigenvalue weighted by Gasteiger charge is 2.18. The van der Waals surface area contributed by atoms with Crippen molar-refractivity contribution < 1.29 is 19.0 Å². The smallest absolute Gasteiger partial charge is 0.273 e. The maximum Gasteiger partial charge on any atom is 0.273 e. The summed E-state index contributed by atoms with van der Waals surface area (Å²) in [5, 5.41) is 12.1. The van der Waals surface area contributed by atoms with Crippen LogP contribution in [0.5, 0.6) is 17.2 Å². The molecule has 10 heteroatoms. The first kappa shape index (κ1) is 21.5. The SMILES string of the molecule is COc1cc(-c2cc(C(=O)Nc3ccccc3-c3cn4ccsc4n3)[nH]n2)cc(OC)c1OC. The van der Waals surface area contributed by atoms with E-state index in [1.807, 2.05) is 46.4 Å². The molecular formula is C24H21N5O4S. The van der Waals surface area contributed by atoms with Crippen LogP contribution in [0.1, 0.15) is 10.5 Å². The first-order valence-electron chi connectivity index (χ1n) is 10.3. The highest BCUT2D eigenvalue weighted by molar-refractivity contribution is 7.15. The third kappa shape index (κ3) is 3.84. The van der Waals surface area contributed by atoms with Crippen molar-refractivity contribution in [3.63, 3.8) is 0 Å². The molecule has 1 amide bonds. The van der Waals surface area contributed by atoms with Crippen LogP contribution >= 0.6 is 11.3 Å². The molecule has 5 rings (SSSR count). The van der Waals surface area contributed by atoms with E-state index in [4.69, 9.17) is 14.2 Å². The molecular weight excluding hydrogens is 454 g/mol. The Morgan fingerprint density at radius 1 is 1.03 bits per heavy atom. The van der Waals surface area contributed by atoms with Crippen molar-refractivity contribution in [2.75, 3.05) is 26.6 Å². The van der Waals surface area contributed by atoms with E-state index in [0.29, 0.717) is 39.9 Å². The lowest BCUT2D eigenvalue weighted by Gasteiger charge is -2.13. The largest absolute Gasteiger partial charge is 0.493 e. The summed E-state index contributed by atoms with van der Waals surface area (Å²) >= 11 is 1.55. The van der Waals surface area contributed by atoms with Crippen molar-refractivity contribution in [3.05, 3.63) is 65.9 Å². The van der Waals surface area contributed by atoms with Gasteiger partial charge in [-0.3, -0.25) is 14.3 Å². The number of H-pyrrole nitrogens is 1. The van der Waals surface area contributed by atoms with Crippen LogP contribution in [0.25, 0.3) is 27.5 Å². The molecule has 0 spiro atoms. The lowest BCUT2D eigenvalue weighted by atomic mass is 10.1. The molecule has 34 heavy (non-hydrogen) atoms. The number of aromatic nitrogens is 4. The molecule has 0 atom stereocenters. The molecule has 0 aliphatic rings. The van der Waals surface area contributed by atoms with E-state index in [1.165, 1.54) is 0 Å². The zero-order valence-corrected chi connectivity index (χ0v) is 19.5. The number of hydrogen-bond acceptors (Lipinski definition) is 7. The van der Waals surface area contributed by atoms with E-state index in [9.17, 15) is 4.79 Å². The maximum absolute atomic E-state index is 13.0. The minimum absolute atomic E-state index is 0.310. The number of rotatable bonds is 7. The van der Waals surface area contributed by atoms with Gasteiger partial charge >= 0.3 is 0 Å². The summed E-state index contributed by atoms with van der Waals surface area (Å²) in [6, 6.07) is 12.8. The third-order valence-corrected chi connectivity index (χ3v) is 6.10. The number of ether oxygens (including phenoxy) is 3. The summed E-state index contributed by atoms with van der Waals surface area (Å²) < 4.78 is 18.2. The average Bonchev–Trinajstić information content (AvgIpc) is 3.60. The van der Waals surface area contributed by atoms with Gasteiger partial charge in [0.2, 0.25) is 5.75 Å². The molecule has 0 unspecified atom stereocenters. The number of benzene rings is 2. The number of fused-ring (bicyclic) bond motifs is 1. The second-order valence-electron chi connectivity index (χ2n) is 7.30.